The maximum Gasteiger partial charge on any atom is 0.119 e. The van der Waals surface area contributed by atoms with Gasteiger partial charge in [0, 0.05) is 10.5 Å². The van der Waals surface area contributed by atoms with Crippen molar-refractivity contribution < 1.29 is 4.74 Å². The molecule has 2 rings (SSSR count). The van der Waals surface area contributed by atoms with E-state index in [9.17, 15) is 0 Å². The van der Waals surface area contributed by atoms with Gasteiger partial charge in [0.05, 0.1) is 0 Å². The first-order valence-corrected chi connectivity index (χ1v) is 8.23. The van der Waals surface area contributed by atoms with Crippen LogP contribution in [-0.2, 0) is 6.42 Å². The summed E-state index contributed by atoms with van der Waals surface area (Å²) in [5.74, 6) is 0.927. The summed E-state index contributed by atoms with van der Waals surface area (Å²) in [4.78, 5) is 0. The molecule has 0 fully saturated rings. The van der Waals surface area contributed by atoms with Crippen molar-refractivity contribution in [1.82, 2.24) is 5.32 Å². The van der Waals surface area contributed by atoms with Crippen LogP contribution in [0.5, 0.6) is 5.75 Å². The lowest BCUT2D eigenvalue weighted by molar-refractivity contribution is 0.263. The van der Waals surface area contributed by atoms with Gasteiger partial charge in [-0.1, -0.05) is 53.2 Å². The van der Waals surface area contributed by atoms with E-state index in [2.05, 4.69) is 52.4 Å². The van der Waals surface area contributed by atoms with E-state index >= 15 is 0 Å². The van der Waals surface area contributed by atoms with Gasteiger partial charge in [-0.3, -0.25) is 0 Å². The predicted octanol–water partition coefficient (Wildman–Crippen LogP) is 4.44. The van der Waals surface area contributed by atoms with Crippen LogP contribution in [0.3, 0.4) is 0 Å². The molecule has 0 heterocycles. The summed E-state index contributed by atoms with van der Waals surface area (Å²) in [6, 6.07) is 18.8. The van der Waals surface area contributed by atoms with Crippen molar-refractivity contribution in [3.63, 3.8) is 0 Å². The highest BCUT2D eigenvalue weighted by atomic mass is 79.9. The standard InChI is InChI=1S/C18H22BrNO/c1-2-12-20-17(13-15-8-10-16(19)11-9-15)14-21-18-6-4-3-5-7-18/h3-11,17,20H,2,12-14H2,1H3. The van der Waals surface area contributed by atoms with Crippen molar-refractivity contribution in [3.05, 3.63) is 64.6 Å². The van der Waals surface area contributed by atoms with Crippen LogP contribution in [0.2, 0.25) is 0 Å². The van der Waals surface area contributed by atoms with Gasteiger partial charge in [0.25, 0.3) is 0 Å². The SMILES string of the molecule is CCCNC(COc1ccccc1)Cc1ccc(Br)cc1. The summed E-state index contributed by atoms with van der Waals surface area (Å²) in [5.41, 5.74) is 1.32. The molecule has 2 aromatic rings. The fraction of sp³-hybridized carbons (Fsp3) is 0.333. The third kappa shape index (κ3) is 5.90. The minimum absolute atomic E-state index is 0.325. The minimum Gasteiger partial charge on any atom is -0.492 e. The highest BCUT2D eigenvalue weighted by Gasteiger charge is 2.10. The number of hydrogen-bond acceptors (Lipinski definition) is 2. The summed E-state index contributed by atoms with van der Waals surface area (Å²) in [6.07, 6.45) is 2.10. The number of hydrogen-bond donors (Lipinski definition) is 1. The Balaban J connectivity index is 1.92. The Morgan fingerprint density at radius 2 is 1.76 bits per heavy atom. The van der Waals surface area contributed by atoms with Crippen molar-refractivity contribution >= 4 is 15.9 Å². The molecule has 112 valence electrons. The van der Waals surface area contributed by atoms with Gasteiger partial charge in [0.1, 0.15) is 12.4 Å². The van der Waals surface area contributed by atoms with E-state index in [4.69, 9.17) is 4.74 Å². The zero-order valence-electron chi connectivity index (χ0n) is 12.4. The van der Waals surface area contributed by atoms with Crippen LogP contribution in [0, 0.1) is 0 Å². The molecule has 0 aliphatic heterocycles. The quantitative estimate of drug-likeness (QED) is 0.762. The summed E-state index contributed by atoms with van der Waals surface area (Å²) >= 11 is 3.47. The van der Waals surface area contributed by atoms with Gasteiger partial charge in [-0.05, 0) is 49.2 Å². The molecule has 21 heavy (non-hydrogen) atoms. The molecule has 0 bridgehead atoms. The third-order valence-electron chi connectivity index (χ3n) is 3.27. The highest BCUT2D eigenvalue weighted by molar-refractivity contribution is 9.10. The molecule has 0 saturated heterocycles. The molecule has 2 nitrogen and oxygen atoms in total. The topological polar surface area (TPSA) is 21.3 Å². The number of para-hydroxylation sites is 1. The maximum absolute atomic E-state index is 5.89. The molecule has 0 aliphatic rings. The van der Waals surface area contributed by atoms with E-state index in [1.165, 1.54) is 5.56 Å². The summed E-state index contributed by atoms with van der Waals surface area (Å²) in [7, 11) is 0. The fourth-order valence-electron chi connectivity index (χ4n) is 2.16. The van der Waals surface area contributed by atoms with Crippen LogP contribution in [-0.4, -0.2) is 19.2 Å². The molecular formula is C18H22BrNO. The first-order chi connectivity index (χ1) is 10.3. The second kappa shape index (κ2) is 8.85. The molecule has 0 amide bonds. The molecule has 0 aromatic heterocycles. The van der Waals surface area contributed by atoms with E-state index in [1.54, 1.807) is 0 Å². The Morgan fingerprint density at radius 3 is 2.43 bits per heavy atom. The second-order valence-corrected chi connectivity index (χ2v) is 6.02. The van der Waals surface area contributed by atoms with E-state index in [0.29, 0.717) is 12.6 Å². The first kappa shape index (κ1) is 16.1. The Morgan fingerprint density at radius 1 is 1.05 bits per heavy atom. The Labute approximate surface area is 135 Å². The van der Waals surface area contributed by atoms with Gasteiger partial charge in [-0.15, -0.1) is 0 Å². The molecule has 1 atom stereocenters. The van der Waals surface area contributed by atoms with E-state index in [0.717, 1.165) is 29.6 Å². The first-order valence-electron chi connectivity index (χ1n) is 7.43. The Kier molecular flexibility index (Phi) is 6.77. The highest BCUT2D eigenvalue weighted by Crippen LogP contribution is 2.13. The van der Waals surface area contributed by atoms with Gasteiger partial charge in [-0.25, -0.2) is 0 Å². The largest absolute Gasteiger partial charge is 0.492 e. The zero-order chi connectivity index (χ0) is 14.9. The van der Waals surface area contributed by atoms with Crippen LogP contribution in [0.4, 0.5) is 0 Å². The van der Waals surface area contributed by atoms with E-state index in [-0.39, 0.29) is 0 Å². The van der Waals surface area contributed by atoms with Gasteiger partial charge in [0.2, 0.25) is 0 Å². The lowest BCUT2D eigenvalue weighted by Gasteiger charge is -2.19. The molecule has 3 heteroatoms. The average molecular weight is 348 g/mol. The van der Waals surface area contributed by atoms with Crippen LogP contribution >= 0.6 is 15.9 Å². The van der Waals surface area contributed by atoms with Crippen molar-refractivity contribution in [3.8, 4) is 5.75 Å². The number of halogens is 1. The number of ether oxygens (including phenoxy) is 1. The number of benzene rings is 2. The molecule has 0 spiro atoms. The third-order valence-corrected chi connectivity index (χ3v) is 3.80. The van der Waals surface area contributed by atoms with Crippen molar-refractivity contribution in [2.45, 2.75) is 25.8 Å². The van der Waals surface area contributed by atoms with Crippen LogP contribution < -0.4 is 10.1 Å². The maximum atomic E-state index is 5.89. The Hall–Kier alpha value is -1.32. The molecule has 1 unspecified atom stereocenters. The monoisotopic (exact) mass is 347 g/mol. The van der Waals surface area contributed by atoms with Crippen LogP contribution in [0.1, 0.15) is 18.9 Å². The van der Waals surface area contributed by atoms with Crippen LogP contribution in [0.15, 0.2) is 59.1 Å². The number of nitrogens with one attached hydrogen (secondary N) is 1. The molecule has 2 aromatic carbocycles. The van der Waals surface area contributed by atoms with Crippen molar-refractivity contribution in [2.75, 3.05) is 13.2 Å². The van der Waals surface area contributed by atoms with Gasteiger partial charge in [0.15, 0.2) is 0 Å². The molecule has 0 radical (unpaired) electrons. The molecular weight excluding hydrogens is 326 g/mol. The second-order valence-electron chi connectivity index (χ2n) is 5.11. The zero-order valence-corrected chi connectivity index (χ0v) is 14.0. The van der Waals surface area contributed by atoms with E-state index in [1.807, 2.05) is 30.3 Å². The molecule has 1 N–H and O–H groups in total. The number of rotatable bonds is 8. The Bertz CT molecular complexity index is 513. The minimum atomic E-state index is 0.325. The molecule has 0 saturated carbocycles. The summed E-state index contributed by atoms with van der Waals surface area (Å²) < 4.78 is 7.00. The normalized spacial score (nSPS) is 12.1. The lowest BCUT2D eigenvalue weighted by atomic mass is 10.1. The van der Waals surface area contributed by atoms with Crippen molar-refractivity contribution in [1.29, 1.82) is 0 Å². The van der Waals surface area contributed by atoms with Crippen LogP contribution in [0.25, 0.3) is 0 Å². The summed E-state index contributed by atoms with van der Waals surface area (Å²) in [6.45, 7) is 3.88. The van der Waals surface area contributed by atoms with Gasteiger partial charge in [-0.2, -0.15) is 0 Å². The van der Waals surface area contributed by atoms with Gasteiger partial charge < -0.3 is 10.1 Å². The summed E-state index contributed by atoms with van der Waals surface area (Å²) in [5, 5.41) is 3.57. The fourth-order valence-corrected chi connectivity index (χ4v) is 2.42. The predicted molar refractivity (Wildman–Crippen MR) is 91.9 cm³/mol. The smallest absolute Gasteiger partial charge is 0.119 e. The lowest BCUT2D eigenvalue weighted by Crippen LogP contribution is -2.37. The van der Waals surface area contributed by atoms with E-state index < -0.39 is 0 Å². The van der Waals surface area contributed by atoms with Gasteiger partial charge >= 0.3 is 0 Å². The average Bonchev–Trinajstić information content (AvgIpc) is 2.53. The van der Waals surface area contributed by atoms with Crippen molar-refractivity contribution in [2.24, 2.45) is 0 Å². The molecule has 0 aliphatic carbocycles.